The number of benzene rings is 1. The van der Waals surface area contributed by atoms with Gasteiger partial charge in [-0.15, -0.1) is 0 Å². The average Bonchev–Trinajstić information content (AvgIpc) is 3.11. The zero-order valence-electron chi connectivity index (χ0n) is 17.9. The summed E-state index contributed by atoms with van der Waals surface area (Å²) in [5.41, 5.74) is 1.51. The van der Waals surface area contributed by atoms with E-state index in [-0.39, 0.29) is 5.91 Å². The Morgan fingerprint density at radius 1 is 1.10 bits per heavy atom. The zero-order valence-corrected chi connectivity index (χ0v) is 17.9. The predicted molar refractivity (Wildman–Crippen MR) is 113 cm³/mol. The highest BCUT2D eigenvalue weighted by atomic mass is 16.5. The van der Waals surface area contributed by atoms with Gasteiger partial charge in [0.15, 0.2) is 0 Å². The van der Waals surface area contributed by atoms with Crippen molar-refractivity contribution in [1.82, 2.24) is 14.4 Å². The molecule has 3 unspecified atom stereocenters. The van der Waals surface area contributed by atoms with E-state index >= 15 is 0 Å². The van der Waals surface area contributed by atoms with E-state index in [4.69, 9.17) is 9.47 Å². The summed E-state index contributed by atoms with van der Waals surface area (Å²) >= 11 is 0. The third kappa shape index (κ3) is 2.86. The molecular weight excluding hydrogens is 382 g/mol. The van der Waals surface area contributed by atoms with Gasteiger partial charge in [0, 0.05) is 44.5 Å². The van der Waals surface area contributed by atoms with Gasteiger partial charge in [0.05, 0.1) is 19.7 Å². The number of hydrogen-bond donors (Lipinski definition) is 0. The molecule has 7 heteroatoms. The summed E-state index contributed by atoms with van der Waals surface area (Å²) in [5, 5.41) is 0.879. The molecule has 2 aromatic rings. The Morgan fingerprint density at radius 2 is 1.87 bits per heavy atom. The number of carbonyl (C=O) groups is 2. The summed E-state index contributed by atoms with van der Waals surface area (Å²) in [6, 6.07) is 5.95. The van der Waals surface area contributed by atoms with Crippen molar-refractivity contribution in [3.05, 3.63) is 23.9 Å². The number of amides is 2. The minimum Gasteiger partial charge on any atom is -0.496 e. The van der Waals surface area contributed by atoms with Crippen LogP contribution >= 0.6 is 0 Å². The number of carbonyl (C=O) groups excluding carboxylic acids is 2. The van der Waals surface area contributed by atoms with E-state index in [1.54, 1.807) is 14.2 Å². The Labute approximate surface area is 176 Å². The molecule has 4 heterocycles. The Kier molecular flexibility index (Phi) is 4.64. The van der Waals surface area contributed by atoms with Crippen molar-refractivity contribution >= 4 is 22.7 Å². The van der Waals surface area contributed by atoms with Gasteiger partial charge in [-0.2, -0.15) is 0 Å². The summed E-state index contributed by atoms with van der Waals surface area (Å²) in [4.78, 5) is 30.1. The maximum Gasteiger partial charge on any atom is 0.270 e. The smallest absolute Gasteiger partial charge is 0.270 e. The second kappa shape index (κ2) is 7.22. The molecule has 3 saturated heterocycles. The molecule has 3 fully saturated rings. The predicted octanol–water partition coefficient (Wildman–Crippen LogP) is 2.67. The number of aryl methyl sites for hydroxylation is 1. The lowest BCUT2D eigenvalue weighted by molar-refractivity contribution is -0.144. The van der Waals surface area contributed by atoms with E-state index in [2.05, 4.69) is 4.90 Å². The van der Waals surface area contributed by atoms with Gasteiger partial charge in [0.1, 0.15) is 17.2 Å². The van der Waals surface area contributed by atoms with E-state index < -0.39 is 0 Å². The van der Waals surface area contributed by atoms with Crippen molar-refractivity contribution in [3.8, 4) is 11.5 Å². The lowest BCUT2D eigenvalue weighted by Gasteiger charge is -2.52. The highest BCUT2D eigenvalue weighted by Gasteiger charge is 2.45. The highest BCUT2D eigenvalue weighted by molar-refractivity contribution is 6.02. The highest BCUT2D eigenvalue weighted by Crippen LogP contribution is 2.39. The Bertz CT molecular complexity index is 1010. The molecule has 7 nitrogen and oxygen atoms in total. The number of piperidine rings is 3. The van der Waals surface area contributed by atoms with Gasteiger partial charge >= 0.3 is 0 Å². The molecule has 2 amide bonds. The molecule has 160 valence electrons. The van der Waals surface area contributed by atoms with Crippen LogP contribution in [0.5, 0.6) is 11.5 Å². The monoisotopic (exact) mass is 411 g/mol. The lowest BCUT2D eigenvalue weighted by atomic mass is 9.76. The normalized spacial score (nSPS) is 26.0. The third-order valence-corrected chi connectivity index (χ3v) is 7.24. The van der Waals surface area contributed by atoms with Crippen LogP contribution in [0.4, 0.5) is 0 Å². The SMILES string of the molecule is COc1ccc(OC)c2c1cc(C(=O)N1CC3CC(C1)C1CCCC(=O)N1C3)n2C. The Morgan fingerprint density at radius 3 is 2.63 bits per heavy atom. The van der Waals surface area contributed by atoms with Gasteiger partial charge in [0.25, 0.3) is 5.91 Å². The molecule has 0 aliphatic carbocycles. The van der Waals surface area contributed by atoms with Crippen molar-refractivity contribution in [2.45, 2.75) is 31.7 Å². The molecule has 0 radical (unpaired) electrons. The van der Waals surface area contributed by atoms with Gasteiger partial charge in [-0.3, -0.25) is 9.59 Å². The van der Waals surface area contributed by atoms with E-state index in [1.165, 1.54) is 0 Å². The summed E-state index contributed by atoms with van der Waals surface area (Å²) < 4.78 is 13.0. The maximum absolute atomic E-state index is 13.6. The first-order valence-electron chi connectivity index (χ1n) is 10.8. The number of rotatable bonds is 3. The molecule has 5 rings (SSSR count). The minimum absolute atomic E-state index is 0.0445. The number of likely N-dealkylation sites (tertiary alicyclic amines) is 1. The molecule has 3 aliphatic heterocycles. The van der Waals surface area contributed by atoms with Crippen LogP contribution in [0, 0.1) is 11.8 Å². The minimum atomic E-state index is 0.0445. The molecule has 2 bridgehead atoms. The largest absolute Gasteiger partial charge is 0.496 e. The summed E-state index contributed by atoms with van der Waals surface area (Å²) in [7, 11) is 5.18. The topological polar surface area (TPSA) is 64.0 Å². The van der Waals surface area contributed by atoms with E-state index in [0.717, 1.165) is 54.8 Å². The zero-order chi connectivity index (χ0) is 21.0. The van der Waals surface area contributed by atoms with Crippen molar-refractivity contribution in [1.29, 1.82) is 0 Å². The number of aromatic nitrogens is 1. The molecule has 1 aromatic heterocycles. The van der Waals surface area contributed by atoms with Gasteiger partial charge in [-0.1, -0.05) is 0 Å². The van der Waals surface area contributed by atoms with Crippen LogP contribution in [0.15, 0.2) is 18.2 Å². The fourth-order valence-electron chi connectivity index (χ4n) is 5.89. The summed E-state index contributed by atoms with van der Waals surface area (Å²) in [6.07, 6.45) is 3.83. The van der Waals surface area contributed by atoms with Crippen LogP contribution in [-0.4, -0.2) is 66.1 Å². The average molecular weight is 412 g/mol. The van der Waals surface area contributed by atoms with Gasteiger partial charge in [-0.05, 0) is 49.3 Å². The number of hydrogen-bond acceptors (Lipinski definition) is 4. The number of methoxy groups -OCH3 is 2. The molecule has 0 saturated carbocycles. The maximum atomic E-state index is 13.6. The third-order valence-electron chi connectivity index (χ3n) is 7.24. The number of nitrogens with zero attached hydrogens (tertiary/aromatic N) is 3. The van der Waals surface area contributed by atoms with Gasteiger partial charge in [-0.25, -0.2) is 0 Å². The fraction of sp³-hybridized carbons (Fsp3) is 0.565. The quantitative estimate of drug-likeness (QED) is 0.779. The molecular formula is C23H29N3O4. The van der Waals surface area contributed by atoms with Gasteiger partial charge < -0.3 is 23.8 Å². The second-order valence-electron chi connectivity index (χ2n) is 8.90. The fourth-order valence-corrected chi connectivity index (χ4v) is 5.89. The molecule has 0 N–H and O–H groups in total. The number of ether oxygens (including phenoxy) is 2. The van der Waals surface area contributed by atoms with E-state index in [0.29, 0.717) is 42.4 Å². The van der Waals surface area contributed by atoms with Crippen LogP contribution in [0.3, 0.4) is 0 Å². The lowest BCUT2D eigenvalue weighted by Crippen LogP contribution is -2.61. The summed E-state index contributed by atoms with van der Waals surface area (Å²) in [5.74, 6) is 2.54. The van der Waals surface area contributed by atoms with Crippen molar-refractivity contribution in [3.63, 3.8) is 0 Å². The van der Waals surface area contributed by atoms with Crippen LogP contribution < -0.4 is 9.47 Å². The van der Waals surface area contributed by atoms with E-state index in [1.807, 2.05) is 34.7 Å². The summed E-state index contributed by atoms with van der Waals surface area (Å²) in [6.45, 7) is 2.22. The first kappa shape index (κ1) is 19.3. The van der Waals surface area contributed by atoms with E-state index in [9.17, 15) is 9.59 Å². The van der Waals surface area contributed by atoms with Crippen molar-refractivity contribution in [2.75, 3.05) is 33.9 Å². The van der Waals surface area contributed by atoms with Gasteiger partial charge in [0.2, 0.25) is 5.91 Å². The molecule has 3 aliphatic rings. The van der Waals surface area contributed by atoms with Crippen LogP contribution in [0.2, 0.25) is 0 Å². The molecule has 30 heavy (non-hydrogen) atoms. The van der Waals surface area contributed by atoms with Crippen LogP contribution in [0.25, 0.3) is 10.9 Å². The standard InChI is InChI=1S/C23H29N3O4/c1-24-18(10-16-19(29-2)7-8-20(30-3)22(16)24)23(28)25-11-14-9-15(13-25)17-5-4-6-21(27)26(17)12-14/h7-8,10,14-15,17H,4-6,9,11-13H2,1-3H3. The first-order valence-corrected chi connectivity index (χ1v) is 10.8. The molecule has 1 aromatic carbocycles. The van der Waals surface area contributed by atoms with Crippen LogP contribution in [0.1, 0.15) is 36.2 Å². The number of fused-ring (bicyclic) bond motifs is 5. The molecule has 3 atom stereocenters. The van der Waals surface area contributed by atoms with Crippen LogP contribution in [-0.2, 0) is 11.8 Å². The Hall–Kier alpha value is -2.70. The van der Waals surface area contributed by atoms with Crippen molar-refractivity contribution < 1.29 is 19.1 Å². The Balaban J connectivity index is 1.46. The molecule has 0 spiro atoms. The first-order chi connectivity index (χ1) is 14.5. The van der Waals surface area contributed by atoms with Crippen molar-refractivity contribution in [2.24, 2.45) is 18.9 Å². The second-order valence-corrected chi connectivity index (χ2v) is 8.90.